The molecule has 0 aromatic carbocycles. The molecule has 2 aromatic heterocycles. The van der Waals surface area contributed by atoms with Gasteiger partial charge in [0.2, 0.25) is 0 Å². The van der Waals surface area contributed by atoms with Crippen LogP contribution in [0, 0.1) is 0 Å². The average Bonchev–Trinajstić information content (AvgIpc) is 2.79. The minimum absolute atomic E-state index is 0.0523. The number of hydrogen-bond donors (Lipinski definition) is 2. The monoisotopic (exact) mass is 283 g/mol. The number of aromatic amines is 1. The number of hydrogen-bond acceptors (Lipinski definition) is 5. The third kappa shape index (κ3) is 2.93. The molecule has 0 fully saturated rings. The lowest BCUT2D eigenvalue weighted by Crippen LogP contribution is -2.21. The van der Waals surface area contributed by atoms with E-state index in [0.717, 1.165) is 23.4 Å². The topological polar surface area (TPSA) is 71.8 Å². The Kier molecular flexibility index (Phi) is 4.42. The van der Waals surface area contributed by atoms with E-state index >= 15 is 0 Å². The Balaban J connectivity index is 2.28. The van der Waals surface area contributed by atoms with E-state index in [9.17, 15) is 4.79 Å². The molecule has 2 heterocycles. The van der Waals surface area contributed by atoms with Crippen molar-refractivity contribution in [2.75, 3.05) is 5.75 Å². The zero-order valence-corrected chi connectivity index (χ0v) is 12.2. The molecule has 6 heteroatoms. The Morgan fingerprint density at radius 1 is 1.56 bits per heavy atom. The highest BCUT2D eigenvalue weighted by Crippen LogP contribution is 2.23. The molecule has 2 rings (SSSR count). The summed E-state index contributed by atoms with van der Waals surface area (Å²) in [5, 5.41) is 1.36. The number of aryl methyl sites for hydroxylation is 1. The number of thiophene rings is 1. The van der Waals surface area contributed by atoms with Gasteiger partial charge in [-0.05, 0) is 18.9 Å². The average molecular weight is 283 g/mol. The van der Waals surface area contributed by atoms with E-state index in [2.05, 4.69) is 23.8 Å². The molecule has 0 aliphatic heterocycles. The molecule has 0 aliphatic rings. The van der Waals surface area contributed by atoms with Crippen molar-refractivity contribution < 1.29 is 0 Å². The van der Waals surface area contributed by atoms with Gasteiger partial charge in [-0.2, -0.15) is 0 Å². The van der Waals surface area contributed by atoms with E-state index in [4.69, 9.17) is 5.73 Å². The number of nitrogens with two attached hydrogens (primary N) is 1. The summed E-state index contributed by atoms with van der Waals surface area (Å²) in [6.07, 6.45) is 1.86. The Bertz CT molecular complexity index is 591. The SMILES string of the molecule is CCc1cc2c(=O)[nH]c(SCC(N)CC)nc2s1. The summed E-state index contributed by atoms with van der Waals surface area (Å²) in [5.74, 6) is 0.775. The fourth-order valence-electron chi connectivity index (χ4n) is 1.51. The molecule has 1 atom stereocenters. The van der Waals surface area contributed by atoms with Gasteiger partial charge in [-0.25, -0.2) is 4.98 Å². The van der Waals surface area contributed by atoms with Crippen LogP contribution in [0.15, 0.2) is 16.0 Å². The quantitative estimate of drug-likeness (QED) is 0.653. The van der Waals surface area contributed by atoms with Crippen molar-refractivity contribution in [3.63, 3.8) is 0 Å². The zero-order valence-electron chi connectivity index (χ0n) is 10.5. The van der Waals surface area contributed by atoms with Crippen LogP contribution in [0.5, 0.6) is 0 Å². The first-order chi connectivity index (χ1) is 8.63. The molecule has 3 N–H and O–H groups in total. The molecule has 1 unspecified atom stereocenters. The summed E-state index contributed by atoms with van der Waals surface area (Å²) >= 11 is 3.10. The van der Waals surface area contributed by atoms with Gasteiger partial charge in [-0.1, -0.05) is 25.6 Å². The smallest absolute Gasteiger partial charge is 0.260 e. The Morgan fingerprint density at radius 2 is 2.33 bits per heavy atom. The van der Waals surface area contributed by atoms with Crippen LogP contribution in [-0.4, -0.2) is 21.8 Å². The van der Waals surface area contributed by atoms with E-state index in [1.54, 1.807) is 11.3 Å². The third-order valence-corrected chi connectivity index (χ3v) is 4.97. The third-order valence-electron chi connectivity index (χ3n) is 2.74. The summed E-state index contributed by atoms with van der Waals surface area (Å²) in [5.41, 5.74) is 5.81. The van der Waals surface area contributed by atoms with E-state index in [1.807, 2.05) is 6.07 Å². The molecule has 0 saturated heterocycles. The van der Waals surface area contributed by atoms with Gasteiger partial charge in [-0.15, -0.1) is 11.3 Å². The number of rotatable bonds is 5. The first-order valence-electron chi connectivity index (χ1n) is 6.05. The van der Waals surface area contributed by atoms with Crippen LogP contribution in [0.3, 0.4) is 0 Å². The largest absolute Gasteiger partial charge is 0.327 e. The van der Waals surface area contributed by atoms with Crippen molar-refractivity contribution in [3.8, 4) is 0 Å². The minimum Gasteiger partial charge on any atom is -0.327 e. The van der Waals surface area contributed by atoms with Crippen LogP contribution in [0.4, 0.5) is 0 Å². The number of nitrogens with one attached hydrogen (secondary N) is 1. The van der Waals surface area contributed by atoms with Crippen molar-refractivity contribution in [3.05, 3.63) is 21.3 Å². The zero-order chi connectivity index (χ0) is 13.1. The second kappa shape index (κ2) is 5.86. The Morgan fingerprint density at radius 3 is 3.00 bits per heavy atom. The second-order valence-corrected chi connectivity index (χ2v) is 6.26. The molecule has 2 aromatic rings. The summed E-state index contributed by atoms with van der Waals surface area (Å²) < 4.78 is 0. The van der Waals surface area contributed by atoms with Gasteiger partial charge in [0.05, 0.1) is 5.39 Å². The molecule has 0 radical (unpaired) electrons. The van der Waals surface area contributed by atoms with E-state index in [-0.39, 0.29) is 11.6 Å². The highest BCUT2D eigenvalue weighted by Gasteiger charge is 2.09. The fraction of sp³-hybridized carbons (Fsp3) is 0.500. The number of nitrogens with zero attached hydrogens (tertiary/aromatic N) is 1. The Hall–Kier alpha value is -0.850. The van der Waals surface area contributed by atoms with Crippen LogP contribution < -0.4 is 11.3 Å². The van der Waals surface area contributed by atoms with Crippen molar-refractivity contribution in [2.45, 2.75) is 37.9 Å². The van der Waals surface area contributed by atoms with Crippen LogP contribution in [0.25, 0.3) is 10.2 Å². The molecule has 0 bridgehead atoms. The van der Waals surface area contributed by atoms with Gasteiger partial charge in [0, 0.05) is 16.7 Å². The molecule has 98 valence electrons. The van der Waals surface area contributed by atoms with Gasteiger partial charge in [0.1, 0.15) is 4.83 Å². The molecule has 18 heavy (non-hydrogen) atoms. The highest BCUT2D eigenvalue weighted by atomic mass is 32.2. The lowest BCUT2D eigenvalue weighted by Gasteiger charge is -2.06. The number of aromatic nitrogens is 2. The van der Waals surface area contributed by atoms with Crippen molar-refractivity contribution in [1.29, 1.82) is 0 Å². The van der Waals surface area contributed by atoms with Crippen molar-refractivity contribution in [2.24, 2.45) is 5.73 Å². The molecule has 0 spiro atoms. The van der Waals surface area contributed by atoms with Gasteiger partial charge in [0.25, 0.3) is 5.56 Å². The van der Waals surface area contributed by atoms with Crippen LogP contribution in [0.2, 0.25) is 0 Å². The predicted octanol–water partition coefficient (Wildman–Crippen LogP) is 2.38. The van der Waals surface area contributed by atoms with Crippen LogP contribution >= 0.6 is 23.1 Å². The maximum absolute atomic E-state index is 11.9. The summed E-state index contributed by atoms with van der Waals surface area (Å²) in [6, 6.07) is 2.07. The normalized spacial score (nSPS) is 13.1. The Labute approximate surface area is 114 Å². The molecule has 0 amide bonds. The summed E-state index contributed by atoms with van der Waals surface area (Å²) in [4.78, 5) is 21.2. The first-order valence-corrected chi connectivity index (χ1v) is 7.85. The highest BCUT2D eigenvalue weighted by molar-refractivity contribution is 7.99. The lowest BCUT2D eigenvalue weighted by molar-refractivity contribution is 0.723. The van der Waals surface area contributed by atoms with Gasteiger partial charge in [0.15, 0.2) is 5.16 Å². The number of thioether (sulfide) groups is 1. The predicted molar refractivity (Wildman–Crippen MR) is 78.6 cm³/mol. The molecule has 0 saturated carbocycles. The number of fused-ring (bicyclic) bond motifs is 1. The van der Waals surface area contributed by atoms with Gasteiger partial charge in [-0.3, -0.25) is 4.79 Å². The minimum atomic E-state index is -0.0523. The molecular weight excluding hydrogens is 266 g/mol. The lowest BCUT2D eigenvalue weighted by atomic mass is 10.3. The van der Waals surface area contributed by atoms with E-state index < -0.39 is 0 Å². The van der Waals surface area contributed by atoms with Gasteiger partial charge >= 0.3 is 0 Å². The fourth-order valence-corrected chi connectivity index (χ4v) is 3.46. The first kappa shape index (κ1) is 13.6. The molecule has 0 aliphatic carbocycles. The maximum atomic E-state index is 11.9. The standard InChI is InChI=1S/C12H17N3OS2/c1-3-7(13)6-17-12-14-10(16)9-5-8(4-2)18-11(9)15-12/h5,7H,3-4,6,13H2,1-2H3,(H,14,15,16). The van der Waals surface area contributed by atoms with E-state index in [1.165, 1.54) is 16.6 Å². The summed E-state index contributed by atoms with van der Waals surface area (Å²) in [6.45, 7) is 4.13. The number of H-pyrrole nitrogens is 1. The van der Waals surface area contributed by atoms with Crippen LogP contribution in [0.1, 0.15) is 25.1 Å². The van der Waals surface area contributed by atoms with Crippen molar-refractivity contribution >= 4 is 33.3 Å². The summed E-state index contributed by atoms with van der Waals surface area (Å²) in [7, 11) is 0. The van der Waals surface area contributed by atoms with Crippen molar-refractivity contribution in [1.82, 2.24) is 9.97 Å². The van der Waals surface area contributed by atoms with Gasteiger partial charge < -0.3 is 10.7 Å². The van der Waals surface area contributed by atoms with E-state index in [0.29, 0.717) is 10.5 Å². The van der Waals surface area contributed by atoms with Crippen LogP contribution in [-0.2, 0) is 6.42 Å². The maximum Gasteiger partial charge on any atom is 0.260 e. The second-order valence-electron chi connectivity index (χ2n) is 4.14. The molecule has 4 nitrogen and oxygen atoms in total. The molecular formula is C12H17N3OS2.